The van der Waals surface area contributed by atoms with Gasteiger partial charge in [-0.3, -0.25) is 27.5 Å². The number of hydrogen-bond donors (Lipinski definition) is 0. The Bertz CT molecular complexity index is 1540. The van der Waals surface area contributed by atoms with Crippen LogP contribution < -0.4 is 0 Å². The summed E-state index contributed by atoms with van der Waals surface area (Å²) in [4.78, 5) is 9.91. The molecule has 0 fully saturated rings. The Labute approximate surface area is 253 Å². The minimum absolute atomic E-state index is 0. The molecule has 0 spiro atoms. The summed E-state index contributed by atoms with van der Waals surface area (Å²) in [6.45, 7) is 14.4. The minimum atomic E-state index is -1.38. The van der Waals surface area contributed by atoms with Gasteiger partial charge < -0.3 is 0 Å². The minimum Gasteiger partial charge on any atom is -0.284 e. The fourth-order valence-corrected chi connectivity index (χ4v) is 5.59. The van der Waals surface area contributed by atoms with Crippen LogP contribution in [0.5, 0.6) is 0 Å². The van der Waals surface area contributed by atoms with Crippen molar-refractivity contribution in [3.63, 3.8) is 0 Å². The van der Waals surface area contributed by atoms with Crippen molar-refractivity contribution >= 4 is 0 Å². The molecule has 2 nitrogen and oxygen atoms in total. The molecule has 0 saturated heterocycles. The molecule has 7 heteroatoms. The third-order valence-electron chi connectivity index (χ3n) is 8.52. The van der Waals surface area contributed by atoms with Crippen molar-refractivity contribution in [1.29, 1.82) is 0 Å². The van der Waals surface area contributed by atoms with Gasteiger partial charge >= 0.3 is 21.1 Å². The van der Waals surface area contributed by atoms with E-state index in [-0.39, 0.29) is 43.3 Å². The predicted octanol–water partition coefficient (Wildman–Crippen LogP) is 8.25. The zero-order valence-electron chi connectivity index (χ0n) is 24.3. The second kappa shape index (κ2) is 10.2. The molecule has 3 heterocycles. The van der Waals surface area contributed by atoms with Crippen LogP contribution in [0.25, 0.3) is 0 Å². The van der Waals surface area contributed by atoms with Crippen molar-refractivity contribution in [3.05, 3.63) is 129 Å². The van der Waals surface area contributed by atoms with Gasteiger partial charge in [0.1, 0.15) is 0 Å². The first-order chi connectivity index (χ1) is 18.5. The van der Waals surface area contributed by atoms with Crippen molar-refractivity contribution in [2.45, 2.75) is 77.0 Å². The van der Waals surface area contributed by atoms with Crippen molar-refractivity contribution in [2.24, 2.45) is 0 Å². The summed E-state index contributed by atoms with van der Waals surface area (Å²) in [7, 11) is 0. The van der Waals surface area contributed by atoms with Crippen molar-refractivity contribution < 1.29 is 38.6 Å². The van der Waals surface area contributed by atoms with Gasteiger partial charge in [0.2, 0.25) is 0 Å². The standard InChI is InChI=1S/C34H32F4N2.Pt/c1-31(2)19-15-21(25(37)17-23(19)35)32(3,4)27-11-9-13-29(39-27)34(7,8)30-14-10-12-28(40-30)33(5,6)22-16-20(31)24(36)18-26(22)38;/h9-14,17-18H,1-8H3;/q-2;+2. The summed E-state index contributed by atoms with van der Waals surface area (Å²) in [5.74, 6) is -3.32. The van der Waals surface area contributed by atoms with Crippen LogP contribution in [-0.4, -0.2) is 9.97 Å². The van der Waals surface area contributed by atoms with E-state index in [0.29, 0.717) is 22.8 Å². The van der Waals surface area contributed by atoms with Gasteiger partial charge in [0, 0.05) is 50.9 Å². The zero-order chi connectivity index (χ0) is 29.4. The smallest absolute Gasteiger partial charge is 0.284 e. The monoisotopic (exact) mass is 739 g/mol. The van der Waals surface area contributed by atoms with Gasteiger partial charge in [0.05, 0.1) is 11.4 Å². The molecule has 1 aliphatic heterocycles. The van der Waals surface area contributed by atoms with Gasteiger partial charge in [0.25, 0.3) is 0 Å². The predicted molar refractivity (Wildman–Crippen MR) is 147 cm³/mol. The molecule has 0 amide bonds. The molecule has 2 aromatic carbocycles. The normalized spacial score (nSPS) is 17.9. The molecule has 1 aliphatic rings. The second-order valence-electron chi connectivity index (χ2n) is 12.7. The Balaban J connectivity index is 0.00000387. The SMILES string of the molecule is CC1(C)c2cccc(n2)C(C)(C)c2[c-]c(c(F)cc2F)C(C)(C)c2[c-]c(c(F)cc2F)C(C)(C)c2cccc1n2.[Pt+2]. The van der Waals surface area contributed by atoms with Gasteiger partial charge in [-0.2, -0.15) is 12.1 Å². The third kappa shape index (κ3) is 4.86. The molecule has 216 valence electrons. The molecule has 4 aromatic rings. The van der Waals surface area contributed by atoms with Gasteiger partial charge in [-0.25, -0.2) is 0 Å². The molecule has 0 aliphatic carbocycles. The van der Waals surface area contributed by atoms with E-state index < -0.39 is 44.9 Å². The Morgan fingerprint density at radius 1 is 0.463 bits per heavy atom. The van der Waals surface area contributed by atoms with Crippen LogP contribution in [0.15, 0.2) is 48.5 Å². The van der Waals surface area contributed by atoms with E-state index in [0.717, 1.165) is 12.1 Å². The van der Waals surface area contributed by atoms with E-state index in [4.69, 9.17) is 9.97 Å². The van der Waals surface area contributed by atoms with Crippen LogP contribution in [0.1, 0.15) is 100 Å². The Morgan fingerprint density at radius 2 is 0.732 bits per heavy atom. The molecule has 41 heavy (non-hydrogen) atoms. The van der Waals surface area contributed by atoms with E-state index in [1.165, 1.54) is 0 Å². The summed E-state index contributed by atoms with van der Waals surface area (Å²) in [6.07, 6.45) is 0. The summed E-state index contributed by atoms with van der Waals surface area (Å²) in [5, 5.41) is 0. The zero-order valence-corrected chi connectivity index (χ0v) is 26.6. The van der Waals surface area contributed by atoms with Crippen LogP contribution in [0.4, 0.5) is 17.6 Å². The first-order valence-electron chi connectivity index (χ1n) is 13.3. The Morgan fingerprint density at radius 3 is 1.05 bits per heavy atom. The molecule has 5 rings (SSSR count). The summed E-state index contributed by atoms with van der Waals surface area (Å²) < 4.78 is 61.9. The van der Waals surface area contributed by atoms with Crippen molar-refractivity contribution in [1.82, 2.24) is 9.97 Å². The Hall–Kier alpha value is -2.85. The average molecular weight is 740 g/mol. The quantitative estimate of drug-likeness (QED) is 0.134. The summed E-state index contributed by atoms with van der Waals surface area (Å²) in [5.41, 5.74) is -1.49. The number of nitrogens with zero attached hydrogens (tertiary/aromatic N) is 2. The van der Waals surface area contributed by atoms with Crippen molar-refractivity contribution in [2.75, 3.05) is 0 Å². The topological polar surface area (TPSA) is 25.8 Å². The first-order valence-corrected chi connectivity index (χ1v) is 13.3. The second-order valence-corrected chi connectivity index (χ2v) is 12.7. The number of fused-ring (bicyclic) bond motifs is 8. The molecule has 0 unspecified atom stereocenters. The van der Waals surface area contributed by atoms with Crippen molar-refractivity contribution in [3.8, 4) is 0 Å². The van der Waals surface area contributed by atoms with Gasteiger partial charge in [0.15, 0.2) is 0 Å². The maximum Gasteiger partial charge on any atom is 2.00 e. The number of pyridine rings is 2. The summed E-state index contributed by atoms with van der Waals surface area (Å²) >= 11 is 0. The van der Waals surface area contributed by atoms with E-state index >= 15 is 17.6 Å². The fourth-order valence-electron chi connectivity index (χ4n) is 5.59. The van der Waals surface area contributed by atoms with E-state index in [1.54, 1.807) is 53.7 Å². The molecule has 0 N–H and O–H groups in total. The average Bonchev–Trinajstić information content (AvgIpc) is 2.87. The van der Waals surface area contributed by atoms with Crippen LogP contribution in [-0.2, 0) is 42.7 Å². The molecule has 0 radical (unpaired) electrons. The van der Waals surface area contributed by atoms with Gasteiger partial charge in [-0.1, -0.05) is 53.7 Å². The van der Waals surface area contributed by atoms with E-state index in [1.807, 2.05) is 38.1 Å². The first kappa shape index (κ1) is 31.1. The number of halogens is 4. The Kier molecular flexibility index (Phi) is 7.70. The molecule has 8 bridgehead atoms. The molecular weight excluding hydrogens is 707 g/mol. The van der Waals surface area contributed by atoms with E-state index in [2.05, 4.69) is 12.1 Å². The molecule has 2 aromatic heterocycles. The molecular formula is C34H32F4N2Pt. The van der Waals surface area contributed by atoms with Crippen LogP contribution in [0, 0.1) is 35.4 Å². The fraction of sp³-hybridized carbons (Fsp3) is 0.353. The largest absolute Gasteiger partial charge is 2.00 e. The van der Waals surface area contributed by atoms with E-state index in [9.17, 15) is 0 Å². The number of rotatable bonds is 0. The molecule has 0 atom stereocenters. The van der Waals surface area contributed by atoms with Crippen LogP contribution in [0.3, 0.4) is 0 Å². The third-order valence-corrected chi connectivity index (χ3v) is 8.52. The van der Waals surface area contributed by atoms with Gasteiger partial charge in [-0.05, 0) is 43.5 Å². The maximum absolute atomic E-state index is 15.5. The molecule has 0 saturated carbocycles. The summed E-state index contributed by atoms with van der Waals surface area (Å²) in [6, 6.07) is 18.6. The number of aromatic nitrogens is 2. The van der Waals surface area contributed by atoms with Gasteiger partial charge in [-0.15, -0.1) is 34.4 Å². The number of benzene rings is 2. The van der Waals surface area contributed by atoms with Crippen LogP contribution in [0.2, 0.25) is 0 Å². The van der Waals surface area contributed by atoms with Crippen LogP contribution >= 0.6 is 0 Å². The number of hydrogen-bond acceptors (Lipinski definition) is 2. The maximum atomic E-state index is 15.5.